The number of rotatable bonds is 3. The quantitative estimate of drug-likeness (QED) is 0.769. The lowest BCUT2D eigenvalue weighted by Gasteiger charge is -2.50. The van der Waals surface area contributed by atoms with Gasteiger partial charge >= 0.3 is 0 Å². The maximum Gasteiger partial charge on any atom is 0.153 e. The lowest BCUT2D eigenvalue weighted by Crippen LogP contribution is -2.62. The molecule has 0 aromatic carbocycles. The fourth-order valence-corrected chi connectivity index (χ4v) is 7.25. The molecule has 0 aromatic rings. The molecule has 4 rings (SSSR count). The maximum absolute atomic E-state index is 14.1. The zero-order chi connectivity index (χ0) is 19.9. The van der Waals surface area contributed by atoms with Crippen LogP contribution in [0.3, 0.4) is 0 Å². The molecule has 1 N–H and O–H groups in total. The minimum absolute atomic E-state index is 0.0714. The standard InChI is InChI=1S/C23H34O4/c1-12-10-22-13(2)8-17-18(21(17,4)5)16(19(22)24)9-15(11-26-6)14(3)23(22,25)20(12)27-7/h9-10,13-14,16-18,20,25H,8,11H2,1-7H3/t13-,14-,16+,17-,18+,20+,22+,23+/m1/s1. The molecule has 0 radical (unpaired) electrons. The van der Waals surface area contributed by atoms with Gasteiger partial charge in [0.2, 0.25) is 0 Å². The number of hydrogen-bond acceptors (Lipinski definition) is 4. The Balaban J connectivity index is 1.98. The first-order valence-electron chi connectivity index (χ1n) is 10.3. The molecule has 2 bridgehead atoms. The van der Waals surface area contributed by atoms with Gasteiger partial charge in [-0.25, -0.2) is 0 Å². The van der Waals surface area contributed by atoms with E-state index >= 15 is 0 Å². The molecular formula is C23H34O4. The largest absolute Gasteiger partial charge is 0.385 e. The highest BCUT2D eigenvalue weighted by atomic mass is 16.5. The Morgan fingerprint density at radius 3 is 2.52 bits per heavy atom. The van der Waals surface area contributed by atoms with Gasteiger partial charge in [-0.3, -0.25) is 4.79 Å². The van der Waals surface area contributed by atoms with Crippen LogP contribution in [0.1, 0.15) is 41.0 Å². The average molecular weight is 375 g/mol. The van der Waals surface area contributed by atoms with Crippen LogP contribution in [-0.2, 0) is 14.3 Å². The summed E-state index contributed by atoms with van der Waals surface area (Å²) in [5.74, 6) is 0.758. The van der Waals surface area contributed by atoms with Gasteiger partial charge in [-0.2, -0.15) is 0 Å². The zero-order valence-electron chi connectivity index (χ0n) is 17.7. The van der Waals surface area contributed by atoms with Crippen LogP contribution < -0.4 is 0 Å². The topological polar surface area (TPSA) is 55.8 Å². The van der Waals surface area contributed by atoms with E-state index < -0.39 is 17.1 Å². The van der Waals surface area contributed by atoms with Crippen molar-refractivity contribution in [2.45, 2.75) is 52.7 Å². The van der Waals surface area contributed by atoms with Crippen LogP contribution in [0.4, 0.5) is 0 Å². The summed E-state index contributed by atoms with van der Waals surface area (Å²) < 4.78 is 11.3. The van der Waals surface area contributed by atoms with E-state index in [-0.39, 0.29) is 29.0 Å². The van der Waals surface area contributed by atoms with Crippen LogP contribution >= 0.6 is 0 Å². The fourth-order valence-electron chi connectivity index (χ4n) is 7.25. The summed E-state index contributed by atoms with van der Waals surface area (Å²) in [7, 11) is 3.32. The minimum atomic E-state index is -1.28. The van der Waals surface area contributed by atoms with Crippen molar-refractivity contribution in [3.63, 3.8) is 0 Å². The van der Waals surface area contributed by atoms with Crippen LogP contribution in [0.5, 0.6) is 0 Å². The molecule has 4 nitrogen and oxygen atoms in total. The number of ether oxygens (including phenoxy) is 2. The number of methoxy groups -OCH3 is 2. The summed E-state index contributed by atoms with van der Waals surface area (Å²) in [4.78, 5) is 14.1. The monoisotopic (exact) mass is 374 g/mol. The molecule has 4 aliphatic carbocycles. The number of carbonyl (C=O) groups is 1. The molecule has 0 aromatic heterocycles. The van der Waals surface area contributed by atoms with Crippen LogP contribution in [0.15, 0.2) is 23.3 Å². The minimum Gasteiger partial charge on any atom is -0.385 e. The van der Waals surface area contributed by atoms with Crippen molar-refractivity contribution < 1.29 is 19.4 Å². The second kappa shape index (κ2) is 5.77. The number of ketones is 1. The molecule has 1 spiro atoms. The van der Waals surface area contributed by atoms with Gasteiger partial charge < -0.3 is 14.6 Å². The van der Waals surface area contributed by atoms with E-state index in [0.29, 0.717) is 18.4 Å². The molecule has 0 unspecified atom stereocenters. The van der Waals surface area contributed by atoms with Crippen molar-refractivity contribution in [1.29, 1.82) is 0 Å². The van der Waals surface area contributed by atoms with Gasteiger partial charge in [0.05, 0.1) is 12.0 Å². The van der Waals surface area contributed by atoms with Crippen molar-refractivity contribution in [1.82, 2.24) is 0 Å². The number of allylic oxidation sites excluding steroid dienone is 1. The van der Waals surface area contributed by atoms with Gasteiger partial charge in [-0.05, 0) is 47.7 Å². The van der Waals surface area contributed by atoms with E-state index in [4.69, 9.17) is 9.47 Å². The first-order valence-corrected chi connectivity index (χ1v) is 10.3. The lowest BCUT2D eigenvalue weighted by atomic mass is 9.57. The first-order chi connectivity index (χ1) is 12.6. The molecule has 0 heterocycles. The van der Waals surface area contributed by atoms with E-state index in [1.165, 1.54) is 0 Å². The number of carbonyl (C=O) groups excluding carboxylic acids is 1. The van der Waals surface area contributed by atoms with Gasteiger partial charge in [0.1, 0.15) is 11.7 Å². The van der Waals surface area contributed by atoms with Gasteiger partial charge in [-0.1, -0.05) is 39.8 Å². The predicted octanol–water partition coefficient (Wildman–Crippen LogP) is 3.40. The SMILES string of the molecule is COCC1=C[C@@H]2C(=O)[C@]3(C=C(C)[C@H](OC)[C@@]3(O)[C@@H]1C)[C@H](C)C[C@@H]1[C@H]2C1(C)C. The Bertz CT molecular complexity index is 735. The summed E-state index contributed by atoms with van der Waals surface area (Å²) >= 11 is 0. The van der Waals surface area contributed by atoms with Crippen LogP contribution in [0, 0.1) is 40.4 Å². The molecule has 4 heteroatoms. The lowest BCUT2D eigenvalue weighted by molar-refractivity contribution is -0.178. The van der Waals surface area contributed by atoms with Crippen molar-refractivity contribution in [3.8, 4) is 0 Å². The third-order valence-corrected chi connectivity index (χ3v) is 8.71. The van der Waals surface area contributed by atoms with Crippen molar-refractivity contribution in [2.75, 3.05) is 20.8 Å². The first kappa shape index (κ1) is 19.4. The van der Waals surface area contributed by atoms with Crippen molar-refractivity contribution in [3.05, 3.63) is 23.3 Å². The second-order valence-corrected chi connectivity index (χ2v) is 10.1. The molecular weight excluding hydrogens is 340 g/mol. The normalized spacial score (nSPS) is 50.1. The summed E-state index contributed by atoms with van der Waals surface area (Å²) in [5.41, 5.74) is 0.00844. The van der Waals surface area contributed by atoms with Gasteiger partial charge in [-0.15, -0.1) is 0 Å². The molecule has 0 saturated heterocycles. The highest BCUT2D eigenvalue weighted by Gasteiger charge is 2.75. The fraction of sp³-hybridized carbons (Fsp3) is 0.783. The molecule has 150 valence electrons. The van der Waals surface area contributed by atoms with Gasteiger partial charge in [0.15, 0.2) is 5.78 Å². The number of aliphatic hydroxyl groups is 1. The number of fused-ring (bicyclic) bond motifs is 3. The van der Waals surface area contributed by atoms with Gasteiger partial charge in [0.25, 0.3) is 0 Å². The molecule has 2 fully saturated rings. The van der Waals surface area contributed by atoms with Gasteiger partial charge in [0, 0.05) is 26.1 Å². The molecule has 2 saturated carbocycles. The van der Waals surface area contributed by atoms with E-state index in [2.05, 4.69) is 32.9 Å². The zero-order valence-corrected chi connectivity index (χ0v) is 17.7. The number of hydrogen-bond donors (Lipinski definition) is 1. The smallest absolute Gasteiger partial charge is 0.153 e. The molecule has 0 aliphatic heterocycles. The highest BCUT2D eigenvalue weighted by Crippen LogP contribution is 2.72. The van der Waals surface area contributed by atoms with Crippen molar-refractivity contribution >= 4 is 5.78 Å². The summed E-state index contributed by atoms with van der Waals surface area (Å²) in [6.45, 7) is 11.2. The summed E-state index contributed by atoms with van der Waals surface area (Å²) in [6.07, 6.45) is 4.72. The van der Waals surface area contributed by atoms with Crippen LogP contribution in [0.2, 0.25) is 0 Å². The van der Waals surface area contributed by atoms with E-state index in [9.17, 15) is 9.90 Å². The highest BCUT2D eigenvalue weighted by molar-refractivity contribution is 5.95. The second-order valence-electron chi connectivity index (χ2n) is 10.1. The maximum atomic E-state index is 14.1. The average Bonchev–Trinajstić information content (AvgIpc) is 3.07. The van der Waals surface area contributed by atoms with E-state index in [0.717, 1.165) is 17.6 Å². The third-order valence-electron chi connectivity index (χ3n) is 8.71. The Morgan fingerprint density at radius 1 is 1.26 bits per heavy atom. The molecule has 8 atom stereocenters. The van der Waals surface area contributed by atoms with E-state index in [1.807, 2.05) is 13.8 Å². The van der Waals surface area contributed by atoms with Crippen LogP contribution in [0.25, 0.3) is 0 Å². The number of Topliss-reactive ketones (excluding diaryl/α,β-unsaturated/α-hetero) is 1. The molecule has 0 amide bonds. The molecule has 4 aliphatic rings. The Kier molecular flexibility index (Phi) is 4.14. The third kappa shape index (κ3) is 2.07. The summed E-state index contributed by atoms with van der Waals surface area (Å²) in [5, 5.41) is 12.3. The van der Waals surface area contributed by atoms with Crippen molar-refractivity contribution in [2.24, 2.45) is 40.4 Å². The molecule has 27 heavy (non-hydrogen) atoms. The van der Waals surface area contributed by atoms with E-state index in [1.54, 1.807) is 14.2 Å². The Morgan fingerprint density at radius 2 is 1.93 bits per heavy atom. The Labute approximate surface area is 163 Å². The van der Waals surface area contributed by atoms with Crippen LogP contribution in [-0.4, -0.2) is 43.4 Å². The predicted molar refractivity (Wildman–Crippen MR) is 104 cm³/mol. The Hall–Kier alpha value is -0.970. The summed E-state index contributed by atoms with van der Waals surface area (Å²) in [6, 6.07) is 0.